The molecular formula is C16H16O4. The average molecular weight is 272 g/mol. The normalized spacial score (nSPS) is 10.7. The minimum absolute atomic E-state index is 0.109. The zero-order chi connectivity index (χ0) is 14.9. The van der Waals surface area contributed by atoms with Gasteiger partial charge >= 0.3 is 11.9 Å². The summed E-state index contributed by atoms with van der Waals surface area (Å²) in [5.74, 6) is -2.14. The highest BCUT2D eigenvalue weighted by Crippen LogP contribution is 2.31. The summed E-state index contributed by atoms with van der Waals surface area (Å²) >= 11 is 0. The zero-order valence-corrected chi connectivity index (χ0v) is 11.4. The van der Waals surface area contributed by atoms with Gasteiger partial charge < -0.3 is 10.2 Å². The van der Waals surface area contributed by atoms with Gasteiger partial charge in [-0.15, -0.1) is 0 Å². The molecule has 20 heavy (non-hydrogen) atoms. The van der Waals surface area contributed by atoms with Crippen molar-refractivity contribution in [3.05, 3.63) is 46.5 Å². The molecule has 2 aromatic carbocycles. The lowest BCUT2D eigenvalue weighted by atomic mass is 9.87. The van der Waals surface area contributed by atoms with Crippen molar-refractivity contribution in [3.63, 3.8) is 0 Å². The van der Waals surface area contributed by atoms with Crippen LogP contribution >= 0.6 is 0 Å². The third-order valence-corrected chi connectivity index (χ3v) is 3.56. The molecule has 104 valence electrons. The summed E-state index contributed by atoms with van der Waals surface area (Å²) in [7, 11) is 0. The van der Waals surface area contributed by atoms with Crippen molar-refractivity contribution >= 4 is 22.7 Å². The van der Waals surface area contributed by atoms with Crippen molar-refractivity contribution in [2.24, 2.45) is 0 Å². The lowest BCUT2D eigenvalue weighted by Gasteiger charge is -2.17. The Bertz CT molecular complexity index is 701. The fourth-order valence-electron chi connectivity index (χ4n) is 2.79. The third kappa shape index (κ3) is 2.03. The van der Waals surface area contributed by atoms with Crippen molar-refractivity contribution in [3.8, 4) is 0 Å². The second-order valence-electron chi connectivity index (χ2n) is 4.57. The number of fused-ring (bicyclic) bond motifs is 1. The van der Waals surface area contributed by atoms with Crippen molar-refractivity contribution in [2.45, 2.75) is 26.7 Å². The Morgan fingerprint density at radius 1 is 0.850 bits per heavy atom. The minimum Gasteiger partial charge on any atom is -0.478 e. The van der Waals surface area contributed by atoms with Crippen LogP contribution in [0.25, 0.3) is 10.8 Å². The van der Waals surface area contributed by atoms with Crippen LogP contribution in [0.3, 0.4) is 0 Å². The lowest BCUT2D eigenvalue weighted by molar-refractivity contribution is 0.0694. The molecule has 0 amide bonds. The highest BCUT2D eigenvalue weighted by atomic mass is 16.4. The van der Waals surface area contributed by atoms with E-state index in [1.54, 1.807) is 31.2 Å². The van der Waals surface area contributed by atoms with E-state index >= 15 is 0 Å². The molecule has 0 aliphatic rings. The van der Waals surface area contributed by atoms with E-state index < -0.39 is 11.9 Å². The number of hydrogen-bond donors (Lipinski definition) is 2. The number of rotatable bonds is 4. The number of carboxylic acids is 2. The molecule has 0 bridgehead atoms. The Balaban J connectivity index is 3.09. The fourth-order valence-corrected chi connectivity index (χ4v) is 2.79. The summed E-state index contributed by atoms with van der Waals surface area (Å²) in [6, 6.07) is 7.09. The first-order valence-corrected chi connectivity index (χ1v) is 6.55. The first-order chi connectivity index (χ1) is 9.52. The van der Waals surface area contributed by atoms with Gasteiger partial charge in [0.1, 0.15) is 0 Å². The Morgan fingerprint density at radius 3 is 1.80 bits per heavy atom. The van der Waals surface area contributed by atoms with Crippen LogP contribution in [-0.2, 0) is 12.8 Å². The molecule has 0 saturated carbocycles. The average Bonchev–Trinajstić information content (AvgIpc) is 2.43. The highest BCUT2D eigenvalue weighted by Gasteiger charge is 2.24. The molecule has 4 nitrogen and oxygen atoms in total. The molecule has 2 aromatic rings. The number of carboxylic acid groups (broad SMARTS) is 2. The number of aryl methyl sites for hydroxylation is 1. The number of benzene rings is 2. The summed E-state index contributed by atoms with van der Waals surface area (Å²) in [5.41, 5.74) is 1.36. The van der Waals surface area contributed by atoms with E-state index in [1.807, 2.05) is 6.92 Å². The third-order valence-electron chi connectivity index (χ3n) is 3.56. The Hall–Kier alpha value is -2.36. The molecule has 2 N–H and O–H groups in total. The van der Waals surface area contributed by atoms with Crippen molar-refractivity contribution in [1.82, 2.24) is 0 Å². The van der Waals surface area contributed by atoms with E-state index in [-0.39, 0.29) is 11.1 Å². The van der Waals surface area contributed by atoms with Crippen LogP contribution in [0, 0.1) is 0 Å². The summed E-state index contributed by atoms with van der Waals surface area (Å²) < 4.78 is 0. The summed E-state index contributed by atoms with van der Waals surface area (Å²) in [5, 5.41) is 20.3. The van der Waals surface area contributed by atoms with Gasteiger partial charge in [-0.05, 0) is 34.7 Å². The minimum atomic E-state index is -1.08. The van der Waals surface area contributed by atoms with Crippen LogP contribution in [0.4, 0.5) is 0 Å². The quantitative estimate of drug-likeness (QED) is 0.894. The molecule has 0 spiro atoms. The molecule has 0 unspecified atom stereocenters. The van der Waals surface area contributed by atoms with Gasteiger partial charge in [0.25, 0.3) is 0 Å². The Morgan fingerprint density at radius 2 is 1.35 bits per heavy atom. The first-order valence-electron chi connectivity index (χ1n) is 6.55. The molecule has 0 aliphatic carbocycles. The SMILES string of the molecule is CCc1c(C(=O)O)c(CC)c2ccccc2c1C(=O)O. The maximum atomic E-state index is 11.6. The monoisotopic (exact) mass is 272 g/mol. The number of aromatic carboxylic acids is 2. The van der Waals surface area contributed by atoms with E-state index in [1.165, 1.54) is 0 Å². The van der Waals surface area contributed by atoms with Crippen LogP contribution in [0.2, 0.25) is 0 Å². The van der Waals surface area contributed by atoms with E-state index in [2.05, 4.69) is 0 Å². The predicted molar refractivity (Wildman–Crippen MR) is 76.6 cm³/mol. The molecule has 0 fully saturated rings. The topological polar surface area (TPSA) is 74.6 Å². The summed E-state index contributed by atoms with van der Waals surface area (Å²) in [6.45, 7) is 3.66. The van der Waals surface area contributed by atoms with Gasteiger partial charge in [0, 0.05) is 0 Å². The maximum Gasteiger partial charge on any atom is 0.336 e. The Labute approximate surface area is 116 Å². The smallest absolute Gasteiger partial charge is 0.336 e. The van der Waals surface area contributed by atoms with Crippen molar-refractivity contribution in [1.29, 1.82) is 0 Å². The van der Waals surface area contributed by atoms with Crippen LogP contribution in [-0.4, -0.2) is 22.2 Å². The molecule has 0 aromatic heterocycles. The first kappa shape index (κ1) is 14.1. The van der Waals surface area contributed by atoms with Crippen molar-refractivity contribution in [2.75, 3.05) is 0 Å². The van der Waals surface area contributed by atoms with Crippen LogP contribution in [0.5, 0.6) is 0 Å². The van der Waals surface area contributed by atoms with E-state index in [0.717, 1.165) is 0 Å². The summed E-state index contributed by atoms with van der Waals surface area (Å²) in [4.78, 5) is 23.2. The van der Waals surface area contributed by atoms with E-state index in [9.17, 15) is 19.8 Å². The van der Waals surface area contributed by atoms with Crippen LogP contribution in [0.15, 0.2) is 24.3 Å². The van der Waals surface area contributed by atoms with Gasteiger partial charge in [0.05, 0.1) is 11.1 Å². The van der Waals surface area contributed by atoms with E-state index in [0.29, 0.717) is 34.7 Å². The largest absolute Gasteiger partial charge is 0.478 e. The van der Waals surface area contributed by atoms with E-state index in [4.69, 9.17) is 0 Å². The molecule has 0 heterocycles. The van der Waals surface area contributed by atoms with Gasteiger partial charge in [-0.3, -0.25) is 0 Å². The molecule has 0 atom stereocenters. The number of carbonyl (C=O) groups is 2. The number of hydrogen-bond acceptors (Lipinski definition) is 2. The van der Waals surface area contributed by atoms with Gasteiger partial charge in [-0.1, -0.05) is 38.1 Å². The van der Waals surface area contributed by atoms with Crippen LogP contribution in [0.1, 0.15) is 45.7 Å². The van der Waals surface area contributed by atoms with Crippen molar-refractivity contribution < 1.29 is 19.8 Å². The Kier molecular flexibility index (Phi) is 3.74. The molecule has 0 saturated heterocycles. The molecule has 4 heteroatoms. The second kappa shape index (κ2) is 5.33. The molecular weight excluding hydrogens is 256 g/mol. The fraction of sp³-hybridized carbons (Fsp3) is 0.250. The van der Waals surface area contributed by atoms with Gasteiger partial charge in [0.15, 0.2) is 0 Å². The zero-order valence-electron chi connectivity index (χ0n) is 11.4. The van der Waals surface area contributed by atoms with Gasteiger partial charge in [-0.2, -0.15) is 0 Å². The van der Waals surface area contributed by atoms with Crippen LogP contribution < -0.4 is 0 Å². The molecule has 0 aliphatic heterocycles. The highest BCUT2D eigenvalue weighted by molar-refractivity contribution is 6.11. The molecule has 2 rings (SSSR count). The van der Waals surface area contributed by atoms with Gasteiger partial charge in [-0.25, -0.2) is 9.59 Å². The molecule has 0 radical (unpaired) electrons. The maximum absolute atomic E-state index is 11.6. The van der Waals surface area contributed by atoms with Gasteiger partial charge in [0.2, 0.25) is 0 Å². The second-order valence-corrected chi connectivity index (χ2v) is 4.57. The lowest BCUT2D eigenvalue weighted by Crippen LogP contribution is -2.14. The summed E-state index contributed by atoms with van der Waals surface area (Å²) in [6.07, 6.45) is 0.927. The standard InChI is InChI=1S/C16H16O4/c1-3-9-11-7-5-6-8-12(11)14(16(19)20)10(4-2)13(9)15(17)18/h5-8H,3-4H2,1-2H3,(H,17,18)(H,19,20). The predicted octanol–water partition coefficient (Wildman–Crippen LogP) is 3.36.